The van der Waals surface area contributed by atoms with E-state index in [2.05, 4.69) is 10.9 Å². The lowest BCUT2D eigenvalue weighted by molar-refractivity contribution is -0.123. The number of rotatable bonds is 5. The number of carbonyl (C=O) groups excluding carboxylic acids is 2. The van der Waals surface area contributed by atoms with E-state index in [1.807, 2.05) is 0 Å². The smallest absolute Gasteiger partial charge is 0.281 e. The molecule has 3 aromatic rings. The molecule has 0 spiro atoms. The molecule has 0 fully saturated rings. The maximum atomic E-state index is 12.3. The van der Waals surface area contributed by atoms with Gasteiger partial charge in [0.2, 0.25) is 0 Å². The van der Waals surface area contributed by atoms with Gasteiger partial charge in [0, 0.05) is 10.1 Å². The van der Waals surface area contributed by atoms with Gasteiger partial charge in [-0.25, -0.2) is 0 Å². The molecular weight excluding hydrogens is 411 g/mol. The van der Waals surface area contributed by atoms with Crippen LogP contribution in [0.15, 0.2) is 42.5 Å². The van der Waals surface area contributed by atoms with Gasteiger partial charge in [0.05, 0.1) is 17.2 Å². The quantitative estimate of drug-likeness (QED) is 0.605. The highest BCUT2D eigenvalue weighted by Crippen LogP contribution is 2.37. The van der Waals surface area contributed by atoms with Crippen molar-refractivity contribution in [3.63, 3.8) is 0 Å². The molecular formula is C18H14Cl2N2O4S. The zero-order valence-corrected chi connectivity index (χ0v) is 16.4. The minimum Gasteiger partial charge on any atom is -0.497 e. The standard InChI is InChI=1S/C18H14Cl2N2O4S/c1-25-10-6-7-11-14(8-10)27-17(16(11)20)18(24)22-21-15(23)9-26-13-5-3-2-4-12(13)19/h2-8H,9H2,1H3,(H,21,23)(H,22,24). The average Bonchev–Trinajstić information content (AvgIpc) is 3.01. The summed E-state index contributed by atoms with van der Waals surface area (Å²) in [6, 6.07) is 12.1. The summed E-state index contributed by atoms with van der Waals surface area (Å²) in [5, 5.41) is 1.44. The van der Waals surface area contributed by atoms with Crippen LogP contribution in [-0.2, 0) is 4.79 Å². The van der Waals surface area contributed by atoms with E-state index in [1.165, 1.54) is 11.3 Å². The van der Waals surface area contributed by atoms with Crippen molar-refractivity contribution in [1.29, 1.82) is 0 Å². The Kier molecular flexibility index (Phi) is 6.05. The van der Waals surface area contributed by atoms with Gasteiger partial charge < -0.3 is 9.47 Å². The van der Waals surface area contributed by atoms with Crippen LogP contribution in [0.25, 0.3) is 10.1 Å². The minimum absolute atomic E-state index is 0.284. The minimum atomic E-state index is -0.540. The predicted molar refractivity (Wildman–Crippen MR) is 106 cm³/mol. The van der Waals surface area contributed by atoms with Gasteiger partial charge in [0.25, 0.3) is 11.8 Å². The number of hydrogen-bond donors (Lipinski definition) is 2. The molecule has 0 aliphatic rings. The van der Waals surface area contributed by atoms with Crippen LogP contribution in [0.4, 0.5) is 0 Å². The summed E-state index contributed by atoms with van der Waals surface area (Å²) >= 11 is 13.4. The van der Waals surface area contributed by atoms with E-state index in [4.69, 9.17) is 32.7 Å². The van der Waals surface area contributed by atoms with E-state index in [-0.39, 0.29) is 11.5 Å². The van der Waals surface area contributed by atoms with Crippen molar-refractivity contribution in [3.05, 3.63) is 57.4 Å². The first-order valence-electron chi connectivity index (χ1n) is 7.72. The number of amides is 2. The number of ether oxygens (including phenoxy) is 2. The number of nitrogens with one attached hydrogen (secondary N) is 2. The Bertz CT molecular complexity index is 1010. The molecule has 1 aromatic heterocycles. The third-order valence-electron chi connectivity index (χ3n) is 3.55. The fourth-order valence-electron chi connectivity index (χ4n) is 2.24. The molecule has 2 amide bonds. The maximum absolute atomic E-state index is 12.3. The Hall–Kier alpha value is -2.48. The highest BCUT2D eigenvalue weighted by Gasteiger charge is 2.18. The van der Waals surface area contributed by atoms with Gasteiger partial charge in [-0.1, -0.05) is 35.3 Å². The highest BCUT2D eigenvalue weighted by atomic mass is 35.5. The molecule has 0 saturated carbocycles. The highest BCUT2D eigenvalue weighted by molar-refractivity contribution is 7.21. The van der Waals surface area contributed by atoms with Crippen molar-refractivity contribution in [2.24, 2.45) is 0 Å². The molecule has 0 radical (unpaired) electrons. The third-order valence-corrected chi connectivity index (χ3v) is 5.52. The van der Waals surface area contributed by atoms with Crippen molar-refractivity contribution in [2.45, 2.75) is 0 Å². The first-order chi connectivity index (χ1) is 13.0. The number of halogens is 2. The van der Waals surface area contributed by atoms with Crippen LogP contribution in [0.3, 0.4) is 0 Å². The molecule has 0 aliphatic carbocycles. The van der Waals surface area contributed by atoms with Gasteiger partial charge in [0.1, 0.15) is 16.4 Å². The fourth-order valence-corrected chi connectivity index (χ4v) is 3.87. The van der Waals surface area contributed by atoms with E-state index < -0.39 is 11.8 Å². The number of hydrogen-bond acceptors (Lipinski definition) is 5. The molecule has 0 bridgehead atoms. The second-order valence-electron chi connectivity index (χ2n) is 5.33. The van der Waals surface area contributed by atoms with Crippen molar-refractivity contribution >= 4 is 56.4 Å². The van der Waals surface area contributed by atoms with E-state index in [0.29, 0.717) is 21.5 Å². The molecule has 9 heteroatoms. The first kappa shape index (κ1) is 19.3. The van der Waals surface area contributed by atoms with E-state index >= 15 is 0 Å². The molecule has 6 nitrogen and oxygen atoms in total. The number of hydrazine groups is 1. The van der Waals surface area contributed by atoms with Gasteiger partial charge in [-0.05, 0) is 30.3 Å². The van der Waals surface area contributed by atoms with Crippen LogP contribution in [0.5, 0.6) is 11.5 Å². The van der Waals surface area contributed by atoms with E-state index in [0.717, 1.165) is 10.1 Å². The third kappa shape index (κ3) is 4.44. The molecule has 0 aliphatic heterocycles. The second-order valence-corrected chi connectivity index (χ2v) is 7.17. The molecule has 0 saturated heterocycles. The normalized spacial score (nSPS) is 10.5. The van der Waals surface area contributed by atoms with Crippen LogP contribution in [0, 0.1) is 0 Å². The molecule has 1 heterocycles. The number of para-hydroxylation sites is 1. The largest absolute Gasteiger partial charge is 0.497 e. The van der Waals surface area contributed by atoms with Crippen LogP contribution < -0.4 is 20.3 Å². The second kappa shape index (κ2) is 8.47. The number of methoxy groups -OCH3 is 1. The van der Waals surface area contributed by atoms with Crippen molar-refractivity contribution in [2.75, 3.05) is 13.7 Å². The van der Waals surface area contributed by atoms with Gasteiger partial charge >= 0.3 is 0 Å². The van der Waals surface area contributed by atoms with Crippen LogP contribution in [-0.4, -0.2) is 25.5 Å². The fraction of sp³-hybridized carbons (Fsp3) is 0.111. The lowest BCUT2D eigenvalue weighted by atomic mass is 10.2. The number of fused-ring (bicyclic) bond motifs is 1. The van der Waals surface area contributed by atoms with Gasteiger partial charge in [-0.2, -0.15) is 0 Å². The van der Waals surface area contributed by atoms with Gasteiger partial charge in [-0.3, -0.25) is 20.4 Å². The average molecular weight is 425 g/mol. The molecule has 2 N–H and O–H groups in total. The topological polar surface area (TPSA) is 76.7 Å². The Balaban J connectivity index is 1.60. The van der Waals surface area contributed by atoms with Gasteiger partial charge in [0.15, 0.2) is 6.61 Å². The molecule has 0 unspecified atom stereocenters. The van der Waals surface area contributed by atoms with Crippen LogP contribution in [0.2, 0.25) is 10.0 Å². The predicted octanol–water partition coefficient (Wildman–Crippen LogP) is 4.06. The molecule has 2 aromatic carbocycles. The van der Waals surface area contributed by atoms with Crippen molar-refractivity contribution in [3.8, 4) is 11.5 Å². The lowest BCUT2D eigenvalue weighted by Crippen LogP contribution is -2.43. The number of benzene rings is 2. The summed E-state index contributed by atoms with van der Waals surface area (Å²) in [7, 11) is 1.56. The Labute approximate surface area is 168 Å². The summed E-state index contributed by atoms with van der Waals surface area (Å²) in [5.41, 5.74) is 4.60. The summed E-state index contributed by atoms with van der Waals surface area (Å²) < 4.78 is 11.3. The SMILES string of the molecule is COc1ccc2c(Cl)c(C(=O)NNC(=O)COc3ccccc3Cl)sc2c1. The van der Waals surface area contributed by atoms with E-state index in [1.54, 1.807) is 49.6 Å². The zero-order valence-electron chi connectivity index (χ0n) is 14.0. The summed E-state index contributed by atoms with van der Waals surface area (Å²) in [6.07, 6.45) is 0. The van der Waals surface area contributed by atoms with Crippen LogP contribution in [0.1, 0.15) is 9.67 Å². The summed E-state index contributed by atoms with van der Waals surface area (Å²) in [5.74, 6) is -0.0204. The van der Waals surface area contributed by atoms with Gasteiger partial charge in [-0.15, -0.1) is 11.3 Å². The Morgan fingerprint density at radius 2 is 1.89 bits per heavy atom. The number of thiophene rings is 1. The lowest BCUT2D eigenvalue weighted by Gasteiger charge is -2.09. The Morgan fingerprint density at radius 1 is 1.11 bits per heavy atom. The van der Waals surface area contributed by atoms with Crippen LogP contribution >= 0.6 is 34.5 Å². The van der Waals surface area contributed by atoms with Crippen molar-refractivity contribution in [1.82, 2.24) is 10.9 Å². The molecule has 27 heavy (non-hydrogen) atoms. The first-order valence-corrected chi connectivity index (χ1v) is 9.29. The van der Waals surface area contributed by atoms with E-state index in [9.17, 15) is 9.59 Å². The zero-order chi connectivity index (χ0) is 19.4. The molecule has 3 rings (SSSR count). The number of carbonyl (C=O) groups is 2. The molecule has 0 atom stereocenters. The summed E-state index contributed by atoms with van der Waals surface area (Å²) in [4.78, 5) is 24.5. The van der Waals surface area contributed by atoms with Crippen molar-refractivity contribution < 1.29 is 19.1 Å². The monoisotopic (exact) mass is 424 g/mol. The Morgan fingerprint density at radius 3 is 2.63 bits per heavy atom. The molecule has 140 valence electrons. The summed E-state index contributed by atoms with van der Waals surface area (Å²) in [6.45, 7) is -0.304. The maximum Gasteiger partial charge on any atom is 0.281 e.